The highest BCUT2D eigenvalue weighted by molar-refractivity contribution is 5.72. The number of alkyl halides is 2. The van der Waals surface area contributed by atoms with E-state index in [2.05, 4.69) is 9.72 Å². The Balaban J connectivity index is 2.94. The Morgan fingerprint density at radius 2 is 2.19 bits per heavy atom. The number of carbonyl (C=O) groups excluding carboxylic acids is 1. The smallest absolute Gasteiger partial charge is 0.310 e. The van der Waals surface area contributed by atoms with Crippen molar-refractivity contribution in [3.63, 3.8) is 0 Å². The molecule has 0 saturated heterocycles. The van der Waals surface area contributed by atoms with Crippen LogP contribution in [0.25, 0.3) is 0 Å². The molecule has 0 aliphatic carbocycles. The molecule has 88 valence electrons. The van der Waals surface area contributed by atoms with Gasteiger partial charge in [0.25, 0.3) is 6.43 Å². The van der Waals surface area contributed by atoms with Crippen LogP contribution < -0.4 is 5.43 Å². The molecule has 4 nitrogen and oxygen atoms in total. The molecule has 16 heavy (non-hydrogen) atoms. The number of aromatic amines is 1. The van der Waals surface area contributed by atoms with Crippen LogP contribution in [0.4, 0.5) is 8.78 Å². The third-order valence-corrected chi connectivity index (χ3v) is 1.93. The number of carbonyl (C=O) groups is 1. The number of aromatic nitrogens is 1. The molecule has 0 atom stereocenters. The van der Waals surface area contributed by atoms with Gasteiger partial charge in [-0.15, -0.1) is 0 Å². The first-order chi connectivity index (χ1) is 7.56. The molecule has 0 amide bonds. The Labute approximate surface area is 90.2 Å². The summed E-state index contributed by atoms with van der Waals surface area (Å²) in [6.07, 6.45) is -0.998. The molecule has 1 aromatic heterocycles. The summed E-state index contributed by atoms with van der Waals surface area (Å²) in [7, 11) is 0. The summed E-state index contributed by atoms with van der Waals surface area (Å²) in [6.45, 7) is 1.81. The standard InChI is InChI=1S/C10H11F2NO3/c1-2-16-8(14)3-6-4-13-5-7(9(6)15)10(11)12/h4-5,10H,2-3H2,1H3,(H,13,15). The van der Waals surface area contributed by atoms with Crippen LogP contribution in [0.2, 0.25) is 0 Å². The molecule has 0 unspecified atom stereocenters. The minimum Gasteiger partial charge on any atom is -0.466 e. The van der Waals surface area contributed by atoms with Crippen LogP contribution in [0.5, 0.6) is 0 Å². The first kappa shape index (κ1) is 12.4. The van der Waals surface area contributed by atoms with Gasteiger partial charge in [0.2, 0.25) is 0 Å². The minimum absolute atomic E-state index is 0.0174. The second kappa shape index (κ2) is 5.39. The second-order valence-corrected chi connectivity index (χ2v) is 3.05. The number of pyridine rings is 1. The normalized spacial score (nSPS) is 10.5. The van der Waals surface area contributed by atoms with Crippen LogP contribution in [-0.4, -0.2) is 17.6 Å². The zero-order valence-corrected chi connectivity index (χ0v) is 8.63. The van der Waals surface area contributed by atoms with Crippen molar-refractivity contribution in [2.45, 2.75) is 19.8 Å². The number of nitrogens with one attached hydrogen (secondary N) is 1. The van der Waals surface area contributed by atoms with E-state index in [0.29, 0.717) is 0 Å². The number of halogens is 2. The largest absolute Gasteiger partial charge is 0.466 e. The summed E-state index contributed by atoms with van der Waals surface area (Å²) >= 11 is 0. The maximum Gasteiger partial charge on any atom is 0.310 e. The quantitative estimate of drug-likeness (QED) is 0.797. The zero-order chi connectivity index (χ0) is 12.1. The molecular formula is C10H11F2NO3. The lowest BCUT2D eigenvalue weighted by atomic mass is 10.1. The number of H-pyrrole nitrogens is 1. The van der Waals surface area contributed by atoms with Gasteiger partial charge in [-0.3, -0.25) is 9.59 Å². The molecule has 1 aromatic rings. The van der Waals surface area contributed by atoms with E-state index in [4.69, 9.17) is 0 Å². The maximum absolute atomic E-state index is 12.4. The van der Waals surface area contributed by atoms with E-state index >= 15 is 0 Å². The fourth-order valence-electron chi connectivity index (χ4n) is 1.21. The molecule has 0 fully saturated rings. The second-order valence-electron chi connectivity index (χ2n) is 3.05. The van der Waals surface area contributed by atoms with Gasteiger partial charge in [0.05, 0.1) is 18.6 Å². The van der Waals surface area contributed by atoms with E-state index in [-0.39, 0.29) is 18.6 Å². The van der Waals surface area contributed by atoms with Crippen molar-refractivity contribution in [1.82, 2.24) is 4.98 Å². The van der Waals surface area contributed by atoms with Crippen LogP contribution >= 0.6 is 0 Å². The summed E-state index contributed by atoms with van der Waals surface area (Å²) in [5.41, 5.74) is -1.47. The van der Waals surface area contributed by atoms with Gasteiger partial charge in [0.15, 0.2) is 5.43 Å². The van der Waals surface area contributed by atoms with Gasteiger partial charge in [-0.1, -0.05) is 0 Å². The molecule has 1 N–H and O–H groups in total. The molecule has 0 aliphatic rings. The van der Waals surface area contributed by atoms with Gasteiger partial charge in [-0.2, -0.15) is 0 Å². The Bertz CT molecular complexity index is 428. The third kappa shape index (κ3) is 2.88. The molecule has 0 spiro atoms. The van der Waals surface area contributed by atoms with Gasteiger partial charge in [0.1, 0.15) is 0 Å². The van der Waals surface area contributed by atoms with Gasteiger partial charge in [-0.25, -0.2) is 8.78 Å². The fraction of sp³-hybridized carbons (Fsp3) is 0.400. The predicted octanol–water partition coefficient (Wildman–Crippen LogP) is 1.42. The van der Waals surface area contributed by atoms with E-state index in [1.165, 1.54) is 6.20 Å². The lowest BCUT2D eigenvalue weighted by Crippen LogP contribution is -2.19. The number of hydrogen-bond donors (Lipinski definition) is 1. The average Bonchev–Trinajstić information content (AvgIpc) is 2.21. The fourth-order valence-corrected chi connectivity index (χ4v) is 1.21. The molecule has 0 radical (unpaired) electrons. The monoisotopic (exact) mass is 231 g/mol. The first-order valence-electron chi connectivity index (χ1n) is 4.70. The SMILES string of the molecule is CCOC(=O)Cc1c[nH]cc(C(F)F)c1=O. The molecule has 0 aliphatic heterocycles. The summed E-state index contributed by atoms with van der Waals surface area (Å²) in [5.74, 6) is -0.612. The molecule has 0 saturated carbocycles. The Kier molecular flexibility index (Phi) is 4.16. The van der Waals surface area contributed by atoms with Crippen molar-refractivity contribution < 1.29 is 18.3 Å². The lowest BCUT2D eigenvalue weighted by molar-refractivity contribution is -0.142. The van der Waals surface area contributed by atoms with E-state index in [1.54, 1.807) is 6.92 Å². The Morgan fingerprint density at radius 1 is 1.50 bits per heavy atom. The van der Waals surface area contributed by atoms with Gasteiger partial charge < -0.3 is 9.72 Å². The van der Waals surface area contributed by atoms with Gasteiger partial charge >= 0.3 is 5.97 Å². The van der Waals surface area contributed by atoms with Crippen LogP contribution in [0.15, 0.2) is 17.2 Å². The highest BCUT2D eigenvalue weighted by atomic mass is 19.3. The van der Waals surface area contributed by atoms with Crippen LogP contribution in [0.3, 0.4) is 0 Å². The summed E-state index contributed by atoms with van der Waals surface area (Å²) in [5, 5.41) is 0. The van der Waals surface area contributed by atoms with Crippen LogP contribution in [-0.2, 0) is 16.0 Å². The highest BCUT2D eigenvalue weighted by Crippen LogP contribution is 2.13. The molecule has 0 bridgehead atoms. The average molecular weight is 231 g/mol. The van der Waals surface area contributed by atoms with Crippen molar-refractivity contribution in [2.75, 3.05) is 6.61 Å². The van der Waals surface area contributed by atoms with E-state index in [0.717, 1.165) is 6.20 Å². The van der Waals surface area contributed by atoms with Crippen LogP contribution in [0, 0.1) is 0 Å². The van der Waals surface area contributed by atoms with E-state index in [9.17, 15) is 18.4 Å². The number of esters is 1. The molecule has 0 aromatic carbocycles. The molecule has 6 heteroatoms. The molecule has 1 heterocycles. The third-order valence-electron chi connectivity index (χ3n) is 1.93. The molecular weight excluding hydrogens is 220 g/mol. The number of ether oxygens (including phenoxy) is 1. The Morgan fingerprint density at radius 3 is 2.75 bits per heavy atom. The maximum atomic E-state index is 12.4. The van der Waals surface area contributed by atoms with Crippen molar-refractivity contribution >= 4 is 5.97 Å². The van der Waals surface area contributed by atoms with E-state index in [1.807, 2.05) is 0 Å². The predicted molar refractivity (Wildman–Crippen MR) is 52.4 cm³/mol. The summed E-state index contributed by atoms with van der Waals surface area (Å²) < 4.78 is 29.3. The summed E-state index contributed by atoms with van der Waals surface area (Å²) in [6, 6.07) is 0. The zero-order valence-electron chi connectivity index (χ0n) is 8.63. The first-order valence-corrected chi connectivity index (χ1v) is 4.70. The lowest BCUT2D eigenvalue weighted by Gasteiger charge is -2.03. The van der Waals surface area contributed by atoms with Crippen LogP contribution in [0.1, 0.15) is 24.5 Å². The van der Waals surface area contributed by atoms with Crippen molar-refractivity contribution in [2.24, 2.45) is 0 Å². The minimum atomic E-state index is -2.86. The highest BCUT2D eigenvalue weighted by Gasteiger charge is 2.16. The van der Waals surface area contributed by atoms with Gasteiger partial charge in [0, 0.05) is 18.0 Å². The van der Waals surface area contributed by atoms with Crippen molar-refractivity contribution in [3.05, 3.63) is 33.7 Å². The Hall–Kier alpha value is -1.72. The number of rotatable bonds is 4. The number of hydrogen-bond acceptors (Lipinski definition) is 3. The summed E-state index contributed by atoms with van der Waals surface area (Å²) in [4.78, 5) is 24.9. The van der Waals surface area contributed by atoms with Crippen molar-refractivity contribution in [3.8, 4) is 0 Å². The van der Waals surface area contributed by atoms with Crippen molar-refractivity contribution in [1.29, 1.82) is 0 Å². The molecule has 1 rings (SSSR count). The topological polar surface area (TPSA) is 59.2 Å². The van der Waals surface area contributed by atoms with E-state index < -0.39 is 23.4 Å². The van der Waals surface area contributed by atoms with Gasteiger partial charge in [-0.05, 0) is 6.92 Å².